The number of aromatic nitrogens is 2. The van der Waals surface area contributed by atoms with Crippen LogP contribution in [0.4, 0.5) is 4.39 Å². The van der Waals surface area contributed by atoms with Gasteiger partial charge >= 0.3 is 0 Å². The van der Waals surface area contributed by atoms with Crippen molar-refractivity contribution < 1.29 is 4.39 Å². The first-order chi connectivity index (χ1) is 8.89. The Morgan fingerprint density at radius 3 is 2.42 bits per heavy atom. The Balaban J connectivity index is 2.31. The summed E-state index contributed by atoms with van der Waals surface area (Å²) in [5.74, 6) is 0.206. The van der Waals surface area contributed by atoms with Crippen molar-refractivity contribution in [3.8, 4) is 0 Å². The highest BCUT2D eigenvalue weighted by molar-refractivity contribution is 5.33. The smallest absolute Gasteiger partial charge is 0.147 e. The average Bonchev–Trinajstić information content (AvgIpc) is 2.38. The molecule has 0 aliphatic rings. The van der Waals surface area contributed by atoms with Crippen LogP contribution in [0.2, 0.25) is 0 Å². The van der Waals surface area contributed by atoms with Crippen LogP contribution in [0.5, 0.6) is 0 Å². The average molecular weight is 258 g/mol. The van der Waals surface area contributed by atoms with Gasteiger partial charge in [0.2, 0.25) is 0 Å². The molecular formula is C16H19FN2. The van der Waals surface area contributed by atoms with E-state index in [9.17, 15) is 4.39 Å². The summed E-state index contributed by atoms with van der Waals surface area (Å²) < 4.78 is 13.8. The van der Waals surface area contributed by atoms with Gasteiger partial charge in [0.15, 0.2) is 0 Å². The van der Waals surface area contributed by atoms with E-state index in [1.807, 2.05) is 19.1 Å². The molecule has 0 saturated heterocycles. The molecule has 0 N–H and O–H groups in total. The van der Waals surface area contributed by atoms with Crippen molar-refractivity contribution in [1.29, 1.82) is 0 Å². The number of hydrogen-bond donors (Lipinski definition) is 0. The molecule has 1 unspecified atom stereocenters. The van der Waals surface area contributed by atoms with Crippen LogP contribution in [0, 0.1) is 6.92 Å². The highest BCUT2D eigenvalue weighted by Crippen LogP contribution is 2.27. The third kappa shape index (κ3) is 2.98. The Morgan fingerprint density at radius 1 is 1.16 bits per heavy atom. The lowest BCUT2D eigenvalue weighted by Crippen LogP contribution is -2.12. The summed E-state index contributed by atoms with van der Waals surface area (Å²) in [4.78, 5) is 8.53. The van der Waals surface area contributed by atoms with Crippen LogP contribution in [0.3, 0.4) is 0 Å². The zero-order chi connectivity index (χ0) is 14.0. The molecule has 3 heteroatoms. The molecule has 0 spiro atoms. The molecule has 2 nitrogen and oxygen atoms in total. The summed E-state index contributed by atoms with van der Waals surface area (Å²) in [6.45, 7) is 7.15. The highest BCUT2D eigenvalue weighted by Gasteiger charge is 2.21. The lowest BCUT2D eigenvalue weighted by atomic mass is 9.93. The zero-order valence-electron chi connectivity index (χ0n) is 11.8. The number of rotatable bonds is 3. The van der Waals surface area contributed by atoms with Crippen LogP contribution in [-0.4, -0.2) is 9.97 Å². The quantitative estimate of drug-likeness (QED) is 0.826. The molecule has 100 valence electrons. The standard InChI is InChI=1S/C16H19FN2/c1-11(14-6-5-9-18-12(14)2)13-7-8-15(19-10-13)16(3,4)17/h5-11H,1-4H3. The van der Waals surface area contributed by atoms with Gasteiger partial charge in [-0.25, -0.2) is 4.39 Å². The third-order valence-electron chi connectivity index (χ3n) is 3.41. The van der Waals surface area contributed by atoms with E-state index in [0.717, 1.165) is 11.3 Å². The van der Waals surface area contributed by atoms with E-state index < -0.39 is 5.67 Å². The maximum absolute atomic E-state index is 13.8. The van der Waals surface area contributed by atoms with Gasteiger partial charge in [-0.1, -0.05) is 19.1 Å². The van der Waals surface area contributed by atoms with Crippen LogP contribution in [0.25, 0.3) is 0 Å². The van der Waals surface area contributed by atoms with Crippen LogP contribution >= 0.6 is 0 Å². The minimum atomic E-state index is -1.40. The van der Waals surface area contributed by atoms with Gasteiger partial charge in [0.05, 0.1) is 5.69 Å². The number of alkyl halides is 1. The Kier molecular flexibility index (Phi) is 3.65. The predicted molar refractivity (Wildman–Crippen MR) is 74.9 cm³/mol. The van der Waals surface area contributed by atoms with Gasteiger partial charge in [-0.2, -0.15) is 0 Å². The second-order valence-corrected chi connectivity index (χ2v) is 5.35. The van der Waals surface area contributed by atoms with E-state index in [0.29, 0.717) is 5.69 Å². The number of nitrogens with zero attached hydrogens (tertiary/aromatic N) is 2. The maximum Gasteiger partial charge on any atom is 0.147 e. The van der Waals surface area contributed by atoms with Crippen molar-refractivity contribution in [2.24, 2.45) is 0 Å². The molecule has 2 aromatic heterocycles. The fraction of sp³-hybridized carbons (Fsp3) is 0.375. The first-order valence-electron chi connectivity index (χ1n) is 6.46. The van der Waals surface area contributed by atoms with E-state index >= 15 is 0 Å². The number of halogens is 1. The predicted octanol–water partition coefficient (Wildman–Crippen LogP) is 4.14. The largest absolute Gasteiger partial charge is 0.261 e. The topological polar surface area (TPSA) is 25.8 Å². The normalized spacial score (nSPS) is 13.3. The first-order valence-corrected chi connectivity index (χ1v) is 6.46. The molecule has 0 aliphatic carbocycles. The lowest BCUT2D eigenvalue weighted by Gasteiger charge is -2.17. The monoisotopic (exact) mass is 258 g/mol. The Bertz CT molecular complexity index is 556. The fourth-order valence-corrected chi connectivity index (χ4v) is 2.15. The summed E-state index contributed by atoms with van der Waals surface area (Å²) in [5.41, 5.74) is 2.34. The van der Waals surface area contributed by atoms with Gasteiger partial charge < -0.3 is 0 Å². The van der Waals surface area contributed by atoms with Crippen LogP contribution in [-0.2, 0) is 5.67 Å². The second kappa shape index (κ2) is 5.08. The number of aryl methyl sites for hydroxylation is 1. The molecule has 2 aromatic rings. The van der Waals surface area contributed by atoms with Crippen molar-refractivity contribution in [2.45, 2.75) is 39.3 Å². The number of pyridine rings is 2. The van der Waals surface area contributed by atoms with Crippen LogP contribution < -0.4 is 0 Å². The van der Waals surface area contributed by atoms with E-state index in [1.54, 1.807) is 18.5 Å². The highest BCUT2D eigenvalue weighted by atomic mass is 19.1. The van der Waals surface area contributed by atoms with Gasteiger partial charge in [-0.15, -0.1) is 0 Å². The van der Waals surface area contributed by atoms with Gasteiger partial charge in [-0.05, 0) is 44.0 Å². The molecule has 0 aliphatic heterocycles. The fourth-order valence-electron chi connectivity index (χ4n) is 2.15. The lowest BCUT2D eigenvalue weighted by molar-refractivity contribution is 0.214. The number of hydrogen-bond acceptors (Lipinski definition) is 2. The summed E-state index contributed by atoms with van der Waals surface area (Å²) in [6.07, 6.45) is 3.55. The molecule has 0 radical (unpaired) electrons. The van der Waals surface area contributed by atoms with Gasteiger partial charge in [0, 0.05) is 24.0 Å². The molecule has 0 bridgehead atoms. The molecule has 1 atom stereocenters. The summed E-state index contributed by atoms with van der Waals surface area (Å²) in [6, 6.07) is 7.71. The Morgan fingerprint density at radius 2 is 1.89 bits per heavy atom. The molecule has 2 heterocycles. The van der Waals surface area contributed by atoms with Crippen molar-refractivity contribution in [3.05, 3.63) is 59.2 Å². The molecule has 0 aromatic carbocycles. The SMILES string of the molecule is Cc1ncccc1C(C)c1ccc(C(C)(C)F)nc1. The van der Waals surface area contributed by atoms with E-state index in [-0.39, 0.29) is 5.92 Å². The summed E-state index contributed by atoms with van der Waals surface area (Å²) in [5, 5.41) is 0. The minimum Gasteiger partial charge on any atom is -0.261 e. The van der Waals surface area contributed by atoms with Crippen molar-refractivity contribution in [1.82, 2.24) is 9.97 Å². The van der Waals surface area contributed by atoms with Crippen LogP contribution in [0.1, 0.15) is 49.2 Å². The van der Waals surface area contributed by atoms with Crippen LogP contribution in [0.15, 0.2) is 36.7 Å². The third-order valence-corrected chi connectivity index (χ3v) is 3.41. The molecule has 2 rings (SSSR count). The van der Waals surface area contributed by atoms with E-state index in [2.05, 4.69) is 23.0 Å². The minimum absolute atomic E-state index is 0.206. The van der Waals surface area contributed by atoms with Gasteiger partial charge in [0.25, 0.3) is 0 Å². The Hall–Kier alpha value is -1.77. The van der Waals surface area contributed by atoms with Gasteiger partial charge in [0.1, 0.15) is 5.67 Å². The summed E-state index contributed by atoms with van der Waals surface area (Å²) in [7, 11) is 0. The Labute approximate surface area is 113 Å². The van der Waals surface area contributed by atoms with E-state index in [1.165, 1.54) is 19.4 Å². The van der Waals surface area contributed by atoms with Crippen molar-refractivity contribution >= 4 is 0 Å². The van der Waals surface area contributed by atoms with Gasteiger partial charge in [-0.3, -0.25) is 9.97 Å². The van der Waals surface area contributed by atoms with Crippen molar-refractivity contribution in [3.63, 3.8) is 0 Å². The van der Waals surface area contributed by atoms with E-state index in [4.69, 9.17) is 0 Å². The zero-order valence-corrected chi connectivity index (χ0v) is 11.8. The molecular weight excluding hydrogens is 239 g/mol. The molecule has 0 fully saturated rings. The van der Waals surface area contributed by atoms with Crippen molar-refractivity contribution in [2.75, 3.05) is 0 Å². The molecule has 0 saturated carbocycles. The second-order valence-electron chi connectivity index (χ2n) is 5.35. The first kappa shape index (κ1) is 13.7. The summed E-state index contributed by atoms with van der Waals surface area (Å²) >= 11 is 0. The molecule has 19 heavy (non-hydrogen) atoms. The molecule has 0 amide bonds. The maximum atomic E-state index is 13.8.